The zero-order valence-electron chi connectivity index (χ0n) is 34.4. The van der Waals surface area contributed by atoms with Gasteiger partial charge in [0.25, 0.3) is 11.8 Å². The van der Waals surface area contributed by atoms with Crippen LogP contribution in [0.3, 0.4) is 0 Å². The maximum absolute atomic E-state index is 12.3. The van der Waals surface area contributed by atoms with E-state index in [9.17, 15) is 19.2 Å². The molecule has 0 aromatic heterocycles. The summed E-state index contributed by atoms with van der Waals surface area (Å²) in [5.41, 5.74) is 0. The molecular weight excluding hydrogens is 640 g/mol. The summed E-state index contributed by atoms with van der Waals surface area (Å²) in [4.78, 5) is 52.4. The number of hydroxylamine groups is 2. The molecule has 1 rings (SSSR count). The molecule has 0 spiro atoms. The maximum atomic E-state index is 12.3. The second-order valence-electron chi connectivity index (χ2n) is 15.4. The Bertz CT molecular complexity index is 941. The number of hydrogen-bond donors (Lipinski definition) is 1. The van der Waals surface area contributed by atoms with Crippen LogP contribution in [0.15, 0.2) is 0 Å². The summed E-state index contributed by atoms with van der Waals surface area (Å²) in [5, 5.41) is 3.47. The van der Waals surface area contributed by atoms with Crippen LogP contribution in [-0.4, -0.2) is 48.5 Å². The van der Waals surface area contributed by atoms with Crippen molar-refractivity contribution in [3.63, 3.8) is 0 Å². The lowest BCUT2D eigenvalue weighted by molar-refractivity contribution is -0.197. The van der Waals surface area contributed by atoms with Crippen LogP contribution >= 0.6 is 0 Å². The van der Waals surface area contributed by atoms with Crippen molar-refractivity contribution < 1.29 is 28.8 Å². The van der Waals surface area contributed by atoms with Crippen molar-refractivity contribution in [1.82, 2.24) is 10.4 Å². The summed E-state index contributed by atoms with van der Waals surface area (Å²) in [7, 11) is 0. The Hall–Kier alpha value is -1.96. The van der Waals surface area contributed by atoms with Crippen molar-refractivity contribution in [3.8, 4) is 0 Å². The van der Waals surface area contributed by atoms with E-state index in [1.807, 2.05) is 0 Å². The van der Waals surface area contributed by atoms with E-state index >= 15 is 0 Å². The number of nitrogens with one attached hydrogen (secondary N) is 1. The van der Waals surface area contributed by atoms with Crippen molar-refractivity contribution in [2.75, 3.05) is 19.8 Å². The molecule has 0 aliphatic carbocycles. The van der Waals surface area contributed by atoms with Crippen molar-refractivity contribution in [2.24, 2.45) is 41.4 Å². The van der Waals surface area contributed by atoms with Crippen LogP contribution in [-0.2, 0) is 28.8 Å². The highest BCUT2D eigenvalue weighted by Crippen LogP contribution is 2.38. The predicted octanol–water partition coefficient (Wildman–Crippen LogP) is 10.6. The Kier molecular flexibility index (Phi) is 26.3. The Labute approximate surface area is 313 Å². The summed E-state index contributed by atoms with van der Waals surface area (Å²) in [6.45, 7) is 21.0. The Morgan fingerprint density at radius 3 is 1.67 bits per heavy atom. The minimum atomic E-state index is -0.673. The van der Waals surface area contributed by atoms with Gasteiger partial charge in [0.15, 0.2) is 0 Å². The molecule has 0 radical (unpaired) electrons. The molecule has 0 saturated carbocycles. The molecule has 1 aliphatic heterocycles. The van der Waals surface area contributed by atoms with Gasteiger partial charge in [0.05, 0.1) is 0 Å². The van der Waals surface area contributed by atoms with Gasteiger partial charge in [0.2, 0.25) is 5.91 Å². The number of carbonyl (C=O) groups excluding carboxylic acids is 4. The monoisotopic (exact) mass is 721 g/mol. The van der Waals surface area contributed by atoms with Gasteiger partial charge in [-0.15, -0.1) is 5.06 Å². The van der Waals surface area contributed by atoms with E-state index in [1.54, 1.807) is 0 Å². The quantitative estimate of drug-likeness (QED) is 0.0548. The third kappa shape index (κ3) is 18.1. The molecule has 1 N–H and O–H groups in total. The van der Waals surface area contributed by atoms with Gasteiger partial charge in [-0.05, 0) is 73.5 Å². The average molecular weight is 721 g/mol. The van der Waals surface area contributed by atoms with E-state index in [-0.39, 0.29) is 31.6 Å². The molecule has 1 saturated heterocycles. The highest BCUT2D eigenvalue weighted by Gasteiger charge is 2.33. The fourth-order valence-electron chi connectivity index (χ4n) is 9.10. The highest BCUT2D eigenvalue weighted by molar-refractivity contribution is 6.01. The lowest BCUT2D eigenvalue weighted by atomic mass is 9.72. The first-order valence-electron chi connectivity index (χ1n) is 21.5. The van der Waals surface area contributed by atoms with Gasteiger partial charge >= 0.3 is 5.97 Å². The first kappa shape index (κ1) is 47.1. The average Bonchev–Trinajstić information content (AvgIpc) is 3.44. The highest BCUT2D eigenvalue weighted by atomic mass is 16.7. The number of nitrogens with zero attached hydrogens (tertiary/aromatic N) is 1. The Balaban J connectivity index is 2.64. The van der Waals surface area contributed by atoms with Gasteiger partial charge in [-0.1, -0.05) is 132 Å². The molecule has 51 heavy (non-hydrogen) atoms. The van der Waals surface area contributed by atoms with Crippen molar-refractivity contribution in [2.45, 2.75) is 190 Å². The summed E-state index contributed by atoms with van der Waals surface area (Å²) in [5.74, 6) is 3.70. The molecule has 7 atom stereocenters. The summed E-state index contributed by atoms with van der Waals surface area (Å²) < 4.78 is 6.30. The lowest BCUT2D eigenvalue weighted by Gasteiger charge is -2.34. The molecule has 1 heterocycles. The summed E-state index contributed by atoms with van der Waals surface area (Å²) >= 11 is 0. The summed E-state index contributed by atoms with van der Waals surface area (Å²) in [6, 6.07) is 0. The molecule has 0 aromatic rings. The molecule has 0 bridgehead atoms. The summed E-state index contributed by atoms with van der Waals surface area (Å²) in [6.07, 6.45) is 20.7. The number of amides is 3. The number of carbonyl (C=O) groups is 4. The van der Waals surface area contributed by atoms with Crippen LogP contribution in [0, 0.1) is 41.4 Å². The minimum Gasteiger partial charge on any atom is -0.381 e. The molecule has 8 nitrogen and oxygen atoms in total. The van der Waals surface area contributed by atoms with Crippen molar-refractivity contribution >= 4 is 23.7 Å². The van der Waals surface area contributed by atoms with Crippen LogP contribution < -0.4 is 5.32 Å². The number of rotatable bonds is 32. The number of ether oxygens (including phenoxy) is 1. The van der Waals surface area contributed by atoms with Gasteiger partial charge in [-0.25, -0.2) is 4.79 Å². The Morgan fingerprint density at radius 2 is 1.16 bits per heavy atom. The normalized spacial score (nSPS) is 17.5. The van der Waals surface area contributed by atoms with Crippen LogP contribution in [0.25, 0.3) is 0 Å². The van der Waals surface area contributed by atoms with E-state index in [0.717, 1.165) is 48.5 Å². The topological polar surface area (TPSA) is 102 Å². The van der Waals surface area contributed by atoms with Crippen molar-refractivity contribution in [3.05, 3.63) is 0 Å². The number of imide groups is 1. The maximum Gasteiger partial charge on any atom is 0.333 e. The SMILES string of the molecule is CCCC(CC)C(CC)C(CC)CCCC(CCC(CC)C(CC)C(CC)CCC)COCCCNC(=O)CCCC(=O)ON1C(=O)CCC1=O. The van der Waals surface area contributed by atoms with Gasteiger partial charge in [0, 0.05) is 45.4 Å². The second-order valence-corrected chi connectivity index (χ2v) is 15.4. The van der Waals surface area contributed by atoms with Crippen LogP contribution in [0.1, 0.15) is 190 Å². The van der Waals surface area contributed by atoms with Gasteiger partial charge in [0.1, 0.15) is 0 Å². The van der Waals surface area contributed by atoms with Crippen LogP contribution in [0.4, 0.5) is 0 Å². The second kappa shape index (κ2) is 28.5. The van der Waals surface area contributed by atoms with Gasteiger partial charge < -0.3 is 14.9 Å². The zero-order valence-corrected chi connectivity index (χ0v) is 34.4. The largest absolute Gasteiger partial charge is 0.381 e. The number of hydrogen-bond acceptors (Lipinski definition) is 6. The predicted molar refractivity (Wildman–Crippen MR) is 209 cm³/mol. The third-order valence-corrected chi connectivity index (χ3v) is 12.0. The van der Waals surface area contributed by atoms with E-state index in [2.05, 4.69) is 60.7 Å². The van der Waals surface area contributed by atoms with Crippen LogP contribution in [0.2, 0.25) is 0 Å². The molecule has 3 amide bonds. The third-order valence-electron chi connectivity index (χ3n) is 12.0. The van der Waals surface area contributed by atoms with Crippen molar-refractivity contribution in [1.29, 1.82) is 0 Å². The molecule has 7 unspecified atom stereocenters. The van der Waals surface area contributed by atoms with E-state index in [1.165, 1.54) is 96.3 Å². The fourth-order valence-corrected chi connectivity index (χ4v) is 9.10. The molecule has 1 aliphatic rings. The molecule has 0 aromatic carbocycles. The Morgan fingerprint density at radius 1 is 0.627 bits per heavy atom. The van der Waals surface area contributed by atoms with E-state index in [0.29, 0.717) is 30.6 Å². The van der Waals surface area contributed by atoms with Gasteiger partial charge in [-0.2, -0.15) is 0 Å². The standard InChI is InChI=1S/C43H80N2O6/c1-9-20-34(11-3)38(15-7)36(13-5)23-17-22-33(26-27-37(14-6)39(16-8)35(12-4)21-10-2)32-50-31-19-30-44-40(46)24-18-25-43(49)51-45-41(47)28-29-42(45)48/h33-39H,9-32H2,1-8H3,(H,44,46). The molecule has 298 valence electrons. The zero-order chi connectivity index (χ0) is 38.0. The first-order valence-corrected chi connectivity index (χ1v) is 21.5. The smallest absolute Gasteiger partial charge is 0.333 e. The minimum absolute atomic E-state index is 0.0272. The van der Waals surface area contributed by atoms with Crippen LogP contribution in [0.5, 0.6) is 0 Å². The van der Waals surface area contributed by atoms with E-state index in [4.69, 9.17) is 9.57 Å². The first-order chi connectivity index (χ1) is 24.6. The van der Waals surface area contributed by atoms with E-state index < -0.39 is 17.8 Å². The lowest BCUT2D eigenvalue weighted by Crippen LogP contribution is -2.32. The fraction of sp³-hybridized carbons (Fsp3) is 0.907. The molecule has 1 fully saturated rings. The van der Waals surface area contributed by atoms with Gasteiger partial charge in [-0.3, -0.25) is 14.4 Å². The molecular formula is C43H80N2O6. The molecule has 8 heteroatoms.